The highest BCUT2D eigenvalue weighted by molar-refractivity contribution is 6.23. The number of amides is 2. The summed E-state index contributed by atoms with van der Waals surface area (Å²) in [6.07, 6.45) is 2.68. The number of carbonyl (C=O) groups excluding carboxylic acids is 3. The number of ether oxygens (including phenoxy) is 2. The predicted molar refractivity (Wildman–Crippen MR) is 179 cm³/mol. The zero-order valence-corrected chi connectivity index (χ0v) is 28.5. The Morgan fingerprint density at radius 1 is 0.979 bits per heavy atom. The first-order valence-corrected chi connectivity index (χ1v) is 16.1. The molecule has 0 unspecified atom stereocenters. The molecule has 47 heavy (non-hydrogen) atoms. The SMILES string of the molecule is CCCc1cnc(C)c(Nc2nn(C(=O)OC(C)(C)C)c3cc([C@@H]4C[C@@]45C(=O)N(C(=O)OC(C)(C)C)c4ccc(C)cc45)ccc23)n1. The van der Waals surface area contributed by atoms with E-state index in [9.17, 15) is 14.4 Å². The number of benzene rings is 2. The van der Waals surface area contributed by atoms with E-state index >= 15 is 0 Å². The number of aromatic nitrogens is 4. The summed E-state index contributed by atoms with van der Waals surface area (Å²) in [5, 5.41) is 8.64. The number of hydrogen-bond donors (Lipinski definition) is 1. The molecule has 0 radical (unpaired) electrons. The number of fused-ring (bicyclic) bond motifs is 3. The van der Waals surface area contributed by atoms with E-state index in [0.717, 1.165) is 35.2 Å². The highest BCUT2D eigenvalue weighted by Crippen LogP contribution is 2.66. The average Bonchev–Trinajstić information content (AvgIpc) is 3.55. The van der Waals surface area contributed by atoms with Crippen LogP contribution in [-0.4, -0.2) is 49.0 Å². The van der Waals surface area contributed by atoms with Gasteiger partial charge in [-0.1, -0.05) is 37.1 Å². The number of rotatable bonds is 5. The smallest absolute Gasteiger partial charge is 0.435 e. The lowest BCUT2D eigenvalue weighted by atomic mass is 9.91. The third-order valence-electron chi connectivity index (χ3n) is 8.42. The summed E-state index contributed by atoms with van der Waals surface area (Å²) in [4.78, 5) is 51.4. The minimum Gasteiger partial charge on any atom is -0.443 e. The lowest BCUT2D eigenvalue weighted by Crippen LogP contribution is -2.41. The summed E-state index contributed by atoms with van der Waals surface area (Å²) in [5.41, 5.74) is 2.84. The van der Waals surface area contributed by atoms with Crippen molar-refractivity contribution in [1.82, 2.24) is 19.7 Å². The normalized spacial score (nSPS) is 18.9. The second-order valence-corrected chi connectivity index (χ2v) is 14.6. The van der Waals surface area contributed by atoms with E-state index in [4.69, 9.17) is 14.5 Å². The van der Waals surface area contributed by atoms with Crippen molar-refractivity contribution in [1.29, 1.82) is 0 Å². The number of aryl methyl sites for hydroxylation is 3. The Bertz CT molecular complexity index is 1930. The van der Waals surface area contributed by atoms with E-state index in [1.807, 2.05) is 50.2 Å². The lowest BCUT2D eigenvalue weighted by Gasteiger charge is -2.24. The zero-order valence-electron chi connectivity index (χ0n) is 28.5. The molecule has 246 valence electrons. The first-order chi connectivity index (χ1) is 22.0. The summed E-state index contributed by atoms with van der Waals surface area (Å²) in [6, 6.07) is 11.4. The molecule has 0 saturated heterocycles. The Hall–Kier alpha value is -4.80. The number of nitrogens with zero attached hydrogens (tertiary/aromatic N) is 5. The molecule has 11 nitrogen and oxygen atoms in total. The van der Waals surface area contributed by atoms with Crippen LogP contribution in [-0.2, 0) is 26.1 Å². The molecule has 11 heteroatoms. The molecule has 1 N–H and O–H groups in total. The number of imide groups is 1. The fraction of sp³-hybridized carbons (Fsp3) is 0.444. The molecule has 2 aromatic heterocycles. The topological polar surface area (TPSA) is 129 Å². The molecule has 1 aliphatic carbocycles. The van der Waals surface area contributed by atoms with Gasteiger partial charge in [0.2, 0.25) is 5.91 Å². The minimum absolute atomic E-state index is 0.232. The van der Waals surface area contributed by atoms with Gasteiger partial charge in [-0.2, -0.15) is 4.68 Å². The van der Waals surface area contributed by atoms with Gasteiger partial charge in [-0.05, 0) is 97.6 Å². The molecule has 2 aliphatic rings. The van der Waals surface area contributed by atoms with Crippen molar-refractivity contribution in [2.24, 2.45) is 0 Å². The molecule has 3 heterocycles. The quantitative estimate of drug-likeness (QED) is 0.235. The molecular weight excluding hydrogens is 596 g/mol. The van der Waals surface area contributed by atoms with E-state index in [1.165, 1.54) is 9.58 Å². The fourth-order valence-electron chi connectivity index (χ4n) is 6.29. The third-order valence-corrected chi connectivity index (χ3v) is 8.42. The highest BCUT2D eigenvalue weighted by Gasteiger charge is 2.68. The number of hydrogen-bond acceptors (Lipinski definition) is 9. The van der Waals surface area contributed by atoms with Crippen LogP contribution < -0.4 is 10.2 Å². The van der Waals surface area contributed by atoms with Gasteiger partial charge in [0, 0.05) is 17.5 Å². The first kappa shape index (κ1) is 32.2. The van der Waals surface area contributed by atoms with Crippen LogP contribution in [0.5, 0.6) is 0 Å². The van der Waals surface area contributed by atoms with Crippen LogP contribution in [0.2, 0.25) is 0 Å². The minimum atomic E-state index is -0.920. The summed E-state index contributed by atoms with van der Waals surface area (Å²) in [7, 11) is 0. The van der Waals surface area contributed by atoms with Crippen LogP contribution in [0.1, 0.15) is 95.3 Å². The first-order valence-electron chi connectivity index (χ1n) is 16.1. The van der Waals surface area contributed by atoms with Crippen molar-refractivity contribution in [3.05, 3.63) is 70.7 Å². The van der Waals surface area contributed by atoms with Gasteiger partial charge in [-0.3, -0.25) is 9.78 Å². The van der Waals surface area contributed by atoms with Gasteiger partial charge in [0.25, 0.3) is 0 Å². The Balaban J connectivity index is 1.42. The molecular formula is C36H42N6O5. The van der Waals surface area contributed by atoms with Gasteiger partial charge in [0.15, 0.2) is 11.6 Å². The van der Waals surface area contributed by atoms with Gasteiger partial charge >= 0.3 is 12.2 Å². The van der Waals surface area contributed by atoms with E-state index < -0.39 is 28.8 Å². The molecule has 1 fully saturated rings. The van der Waals surface area contributed by atoms with Crippen LogP contribution in [0.15, 0.2) is 42.6 Å². The van der Waals surface area contributed by atoms with E-state index in [0.29, 0.717) is 40.3 Å². The maximum absolute atomic E-state index is 14.2. The van der Waals surface area contributed by atoms with E-state index in [2.05, 4.69) is 22.3 Å². The van der Waals surface area contributed by atoms with Gasteiger partial charge in [-0.25, -0.2) is 19.5 Å². The van der Waals surface area contributed by atoms with Crippen LogP contribution in [0.25, 0.3) is 10.9 Å². The molecule has 6 rings (SSSR count). The average molecular weight is 639 g/mol. The molecule has 1 saturated carbocycles. The summed E-state index contributed by atoms with van der Waals surface area (Å²) >= 11 is 0. The van der Waals surface area contributed by atoms with Crippen molar-refractivity contribution in [3.63, 3.8) is 0 Å². The van der Waals surface area contributed by atoms with Crippen LogP contribution in [0, 0.1) is 13.8 Å². The number of anilines is 3. The van der Waals surface area contributed by atoms with Gasteiger partial charge in [-0.15, -0.1) is 5.10 Å². The third kappa shape index (κ3) is 5.83. The Kier molecular flexibility index (Phi) is 7.64. The molecule has 2 atom stereocenters. The zero-order chi connectivity index (χ0) is 34.1. The second kappa shape index (κ2) is 11.2. The standard InChI is InChI=1S/C36H42N6O5/c1-10-11-23-19-37-21(3)29(38-23)39-30-24-14-13-22(17-28(24)42(40-30)33(45)47-35(7,8)9)26-18-36(26)25-16-20(2)12-15-27(25)41(31(36)43)32(44)46-34(4,5)6/h12-17,19,26H,10-11,18H2,1-9H3,(H,38,39,40)/t26-,36-/m0/s1. The fourth-order valence-corrected chi connectivity index (χ4v) is 6.29. The predicted octanol–water partition coefficient (Wildman–Crippen LogP) is 7.63. The summed E-state index contributed by atoms with van der Waals surface area (Å²) in [6.45, 7) is 16.6. The van der Waals surface area contributed by atoms with Gasteiger partial charge in [0.1, 0.15) is 11.2 Å². The second-order valence-electron chi connectivity index (χ2n) is 14.6. The van der Waals surface area contributed by atoms with Gasteiger partial charge < -0.3 is 14.8 Å². The van der Waals surface area contributed by atoms with E-state index in [1.54, 1.807) is 47.7 Å². The Morgan fingerprint density at radius 3 is 2.36 bits per heavy atom. The molecule has 1 aliphatic heterocycles. The van der Waals surface area contributed by atoms with Crippen molar-refractivity contribution in [3.8, 4) is 0 Å². The molecule has 1 spiro atoms. The van der Waals surface area contributed by atoms with Crippen molar-refractivity contribution in [2.75, 3.05) is 10.2 Å². The maximum Gasteiger partial charge on any atom is 0.435 e. The molecule has 0 bridgehead atoms. The molecule has 2 aromatic carbocycles. The van der Waals surface area contributed by atoms with E-state index in [-0.39, 0.29) is 11.8 Å². The highest BCUT2D eigenvalue weighted by atomic mass is 16.6. The number of nitrogens with one attached hydrogen (secondary N) is 1. The van der Waals surface area contributed by atoms with Crippen LogP contribution in [0.3, 0.4) is 0 Å². The molecule has 4 aromatic rings. The Morgan fingerprint density at radius 2 is 1.68 bits per heavy atom. The lowest BCUT2D eigenvalue weighted by molar-refractivity contribution is -0.120. The van der Waals surface area contributed by atoms with Crippen LogP contribution >= 0.6 is 0 Å². The number of carbonyl (C=O) groups is 3. The summed E-state index contributed by atoms with van der Waals surface area (Å²) in [5.74, 6) is 0.455. The van der Waals surface area contributed by atoms with Crippen molar-refractivity contribution < 1.29 is 23.9 Å². The van der Waals surface area contributed by atoms with Gasteiger partial charge in [0.05, 0.1) is 28.0 Å². The van der Waals surface area contributed by atoms with Crippen molar-refractivity contribution >= 4 is 46.3 Å². The molecule has 2 amide bonds. The van der Waals surface area contributed by atoms with Crippen molar-refractivity contribution in [2.45, 2.75) is 104 Å². The van der Waals surface area contributed by atoms with Crippen LogP contribution in [0.4, 0.5) is 26.9 Å². The Labute approximate surface area is 274 Å². The largest absolute Gasteiger partial charge is 0.443 e. The monoisotopic (exact) mass is 638 g/mol. The maximum atomic E-state index is 14.2. The summed E-state index contributed by atoms with van der Waals surface area (Å²) < 4.78 is 12.6.